The zero-order valence-corrected chi connectivity index (χ0v) is 10.5. The highest BCUT2D eigenvalue weighted by Crippen LogP contribution is 2.33. The molecule has 102 valence electrons. The van der Waals surface area contributed by atoms with Crippen LogP contribution in [0.2, 0.25) is 0 Å². The molecule has 0 aromatic heterocycles. The Morgan fingerprint density at radius 2 is 2.05 bits per heavy atom. The molecular formula is C13H11N3O4. The molecule has 7 heteroatoms. The fraction of sp³-hybridized carbons (Fsp3) is 0.308. The quantitative estimate of drug-likeness (QED) is 0.638. The maximum atomic E-state index is 12.3. The predicted molar refractivity (Wildman–Crippen MR) is 67.9 cm³/mol. The van der Waals surface area contributed by atoms with Crippen molar-refractivity contribution in [2.24, 2.45) is 5.18 Å². The number of carbonyl (C=O) groups excluding carboxylic acids is 3. The van der Waals surface area contributed by atoms with E-state index >= 15 is 0 Å². The summed E-state index contributed by atoms with van der Waals surface area (Å²) >= 11 is 0. The van der Waals surface area contributed by atoms with Crippen LogP contribution in [-0.4, -0.2) is 28.7 Å². The number of fused-ring (bicyclic) bond motifs is 1. The first-order valence-electron chi connectivity index (χ1n) is 6.21. The Kier molecular flexibility index (Phi) is 2.81. The number of nitrogens with one attached hydrogen (secondary N) is 1. The summed E-state index contributed by atoms with van der Waals surface area (Å²) in [5, 5.41) is 5.13. The molecule has 1 unspecified atom stereocenters. The number of imide groups is 1. The van der Waals surface area contributed by atoms with Gasteiger partial charge in [-0.05, 0) is 23.7 Å². The largest absolute Gasteiger partial charge is 0.322 e. The molecule has 0 bridgehead atoms. The number of piperidine rings is 1. The van der Waals surface area contributed by atoms with Crippen LogP contribution in [0, 0.1) is 4.91 Å². The van der Waals surface area contributed by atoms with Crippen LogP contribution in [0.5, 0.6) is 0 Å². The van der Waals surface area contributed by atoms with E-state index in [9.17, 15) is 19.3 Å². The van der Waals surface area contributed by atoms with Gasteiger partial charge in [0.2, 0.25) is 11.8 Å². The van der Waals surface area contributed by atoms with Crippen molar-refractivity contribution in [1.82, 2.24) is 10.2 Å². The molecule has 0 saturated carbocycles. The van der Waals surface area contributed by atoms with Gasteiger partial charge >= 0.3 is 0 Å². The topological polar surface area (TPSA) is 95.9 Å². The average Bonchev–Trinajstić information content (AvgIpc) is 2.76. The Morgan fingerprint density at radius 3 is 2.75 bits per heavy atom. The molecule has 1 fully saturated rings. The second-order valence-corrected chi connectivity index (χ2v) is 4.79. The first kappa shape index (κ1) is 12.5. The Hall–Kier alpha value is -2.57. The molecule has 0 aliphatic carbocycles. The molecule has 0 spiro atoms. The summed E-state index contributed by atoms with van der Waals surface area (Å²) in [6.07, 6.45) is 0.504. The first-order valence-corrected chi connectivity index (χ1v) is 6.21. The van der Waals surface area contributed by atoms with E-state index in [4.69, 9.17) is 0 Å². The molecule has 0 radical (unpaired) electrons. The molecule has 1 atom stereocenters. The van der Waals surface area contributed by atoms with Gasteiger partial charge < -0.3 is 4.90 Å². The molecular weight excluding hydrogens is 262 g/mol. The fourth-order valence-corrected chi connectivity index (χ4v) is 2.65. The van der Waals surface area contributed by atoms with E-state index in [0.29, 0.717) is 17.5 Å². The van der Waals surface area contributed by atoms with Gasteiger partial charge in [0.1, 0.15) is 11.7 Å². The highest BCUT2D eigenvalue weighted by molar-refractivity contribution is 6.05. The fourth-order valence-electron chi connectivity index (χ4n) is 2.65. The zero-order chi connectivity index (χ0) is 14.3. The number of nitrogens with zero attached hydrogens (tertiary/aromatic N) is 2. The minimum absolute atomic E-state index is 0.169. The van der Waals surface area contributed by atoms with Crippen molar-refractivity contribution in [3.63, 3.8) is 0 Å². The lowest BCUT2D eigenvalue weighted by Gasteiger charge is -2.29. The van der Waals surface area contributed by atoms with Gasteiger partial charge in [0.15, 0.2) is 0 Å². The Balaban J connectivity index is 1.92. The Labute approximate surface area is 113 Å². The van der Waals surface area contributed by atoms with Crippen molar-refractivity contribution >= 4 is 23.4 Å². The van der Waals surface area contributed by atoms with E-state index in [0.717, 1.165) is 0 Å². The SMILES string of the molecule is O=Nc1cccc2c1CN(C1CCC(=O)NC1=O)C2=O. The minimum atomic E-state index is -0.674. The summed E-state index contributed by atoms with van der Waals surface area (Å²) in [5.74, 6) is -1.10. The summed E-state index contributed by atoms with van der Waals surface area (Å²) in [5.41, 5.74) is 1.15. The Bertz CT molecular complexity index is 641. The standard InChI is InChI=1S/C13H11N3O4/c17-11-5-4-10(12(18)14-11)16-6-8-7(13(16)19)2-1-3-9(8)15-20/h1-3,10H,4-6H2,(H,14,17,18). The van der Waals surface area contributed by atoms with Gasteiger partial charge in [-0.15, -0.1) is 4.91 Å². The third-order valence-electron chi connectivity index (χ3n) is 3.66. The lowest BCUT2D eigenvalue weighted by Crippen LogP contribution is -2.52. The zero-order valence-electron chi connectivity index (χ0n) is 10.5. The van der Waals surface area contributed by atoms with E-state index in [-0.39, 0.29) is 30.5 Å². The molecule has 1 aromatic carbocycles. The summed E-state index contributed by atoms with van der Waals surface area (Å²) in [6, 6.07) is 4.05. The highest BCUT2D eigenvalue weighted by atomic mass is 16.3. The van der Waals surface area contributed by atoms with Crippen molar-refractivity contribution in [3.8, 4) is 0 Å². The van der Waals surface area contributed by atoms with Gasteiger partial charge in [0.05, 0.1) is 0 Å². The van der Waals surface area contributed by atoms with Gasteiger partial charge in [-0.25, -0.2) is 0 Å². The van der Waals surface area contributed by atoms with Crippen molar-refractivity contribution < 1.29 is 14.4 Å². The van der Waals surface area contributed by atoms with Crippen LogP contribution in [0.15, 0.2) is 23.4 Å². The lowest BCUT2D eigenvalue weighted by molar-refractivity contribution is -0.136. The molecule has 20 heavy (non-hydrogen) atoms. The molecule has 2 aliphatic rings. The second-order valence-electron chi connectivity index (χ2n) is 4.79. The van der Waals surface area contributed by atoms with Crippen LogP contribution >= 0.6 is 0 Å². The van der Waals surface area contributed by atoms with Crippen molar-refractivity contribution in [1.29, 1.82) is 0 Å². The maximum absolute atomic E-state index is 12.3. The predicted octanol–water partition coefficient (Wildman–Crippen LogP) is 0.845. The third kappa shape index (κ3) is 1.78. The molecule has 3 amide bonds. The van der Waals surface area contributed by atoms with Crippen LogP contribution < -0.4 is 5.32 Å². The number of carbonyl (C=O) groups is 3. The molecule has 3 rings (SSSR count). The molecule has 1 aromatic rings. The molecule has 7 nitrogen and oxygen atoms in total. The van der Waals surface area contributed by atoms with Crippen LogP contribution in [0.4, 0.5) is 5.69 Å². The van der Waals surface area contributed by atoms with Gasteiger partial charge in [-0.3, -0.25) is 19.7 Å². The molecule has 2 aliphatic heterocycles. The normalized spacial score (nSPS) is 21.7. The van der Waals surface area contributed by atoms with Gasteiger partial charge in [0, 0.05) is 24.1 Å². The molecule has 1 N–H and O–H groups in total. The second kappa shape index (κ2) is 4.52. The van der Waals surface area contributed by atoms with E-state index in [1.165, 1.54) is 11.0 Å². The smallest absolute Gasteiger partial charge is 0.255 e. The maximum Gasteiger partial charge on any atom is 0.255 e. The average molecular weight is 273 g/mol. The Morgan fingerprint density at radius 1 is 1.25 bits per heavy atom. The van der Waals surface area contributed by atoms with E-state index < -0.39 is 11.9 Å². The van der Waals surface area contributed by atoms with Crippen molar-refractivity contribution in [2.75, 3.05) is 0 Å². The lowest BCUT2D eigenvalue weighted by atomic mass is 10.0. The van der Waals surface area contributed by atoms with Crippen molar-refractivity contribution in [3.05, 3.63) is 34.2 Å². The molecule has 1 saturated heterocycles. The number of nitroso groups, excluding NO2 is 1. The van der Waals surface area contributed by atoms with Gasteiger partial charge in [-0.2, -0.15) is 0 Å². The van der Waals surface area contributed by atoms with E-state index in [2.05, 4.69) is 10.5 Å². The van der Waals surface area contributed by atoms with E-state index in [1.54, 1.807) is 12.1 Å². The van der Waals surface area contributed by atoms with Gasteiger partial charge in [-0.1, -0.05) is 6.07 Å². The van der Waals surface area contributed by atoms with Crippen molar-refractivity contribution in [2.45, 2.75) is 25.4 Å². The third-order valence-corrected chi connectivity index (χ3v) is 3.66. The van der Waals surface area contributed by atoms with Gasteiger partial charge in [0.25, 0.3) is 5.91 Å². The summed E-state index contributed by atoms with van der Waals surface area (Å²) < 4.78 is 0. The molecule has 2 heterocycles. The first-order chi connectivity index (χ1) is 9.61. The summed E-state index contributed by atoms with van der Waals surface area (Å²) in [7, 11) is 0. The minimum Gasteiger partial charge on any atom is -0.322 e. The highest BCUT2D eigenvalue weighted by Gasteiger charge is 2.39. The summed E-state index contributed by atoms with van der Waals surface area (Å²) in [4.78, 5) is 47.4. The van der Waals surface area contributed by atoms with Crippen LogP contribution in [0.1, 0.15) is 28.8 Å². The number of benzene rings is 1. The van der Waals surface area contributed by atoms with Crippen LogP contribution in [0.3, 0.4) is 0 Å². The monoisotopic (exact) mass is 273 g/mol. The van der Waals surface area contributed by atoms with Crippen LogP contribution in [-0.2, 0) is 16.1 Å². The number of rotatable bonds is 2. The van der Waals surface area contributed by atoms with Crippen LogP contribution in [0.25, 0.3) is 0 Å². The number of amides is 3. The summed E-state index contributed by atoms with van der Waals surface area (Å²) in [6.45, 7) is 0.169. The van der Waals surface area contributed by atoms with E-state index in [1.807, 2.05) is 0 Å². The number of hydrogen-bond acceptors (Lipinski definition) is 5. The number of hydrogen-bond donors (Lipinski definition) is 1.